The van der Waals surface area contributed by atoms with Crippen LogP contribution in [0.1, 0.15) is 36.1 Å². The maximum absolute atomic E-state index is 13.2. The fourth-order valence-corrected chi connectivity index (χ4v) is 4.16. The molecule has 5 heteroatoms. The summed E-state index contributed by atoms with van der Waals surface area (Å²) in [6.45, 7) is 9.15. The van der Waals surface area contributed by atoms with Crippen LogP contribution in [-0.2, 0) is 4.79 Å². The Labute approximate surface area is 184 Å². The Kier molecular flexibility index (Phi) is 6.31. The number of hydrogen-bond donors (Lipinski definition) is 0. The second-order valence-electron chi connectivity index (χ2n) is 8.24. The van der Waals surface area contributed by atoms with E-state index in [1.807, 2.05) is 36.1 Å². The number of piperazine rings is 1. The van der Waals surface area contributed by atoms with Gasteiger partial charge in [-0.15, -0.1) is 0 Å². The third-order valence-electron chi connectivity index (χ3n) is 5.97. The van der Waals surface area contributed by atoms with E-state index in [1.54, 1.807) is 0 Å². The highest BCUT2D eigenvalue weighted by Crippen LogP contribution is 2.25. The number of benzene rings is 2. The summed E-state index contributed by atoms with van der Waals surface area (Å²) in [5.41, 5.74) is 4.30. The lowest BCUT2D eigenvalue weighted by atomic mass is 9.95. The average Bonchev–Trinajstić information content (AvgIpc) is 2.80. The molecule has 0 radical (unpaired) electrons. The molecule has 2 heterocycles. The first-order valence-corrected chi connectivity index (χ1v) is 11.1. The molecule has 5 nitrogen and oxygen atoms in total. The second kappa shape index (κ2) is 9.29. The van der Waals surface area contributed by atoms with Crippen molar-refractivity contribution in [3.8, 4) is 11.4 Å². The number of carbonyl (C=O) groups excluding carboxylic acids is 1. The van der Waals surface area contributed by atoms with Crippen molar-refractivity contribution >= 4 is 11.7 Å². The molecule has 0 spiro atoms. The highest BCUT2D eigenvalue weighted by atomic mass is 16.2. The molecule has 0 unspecified atom stereocenters. The van der Waals surface area contributed by atoms with E-state index >= 15 is 0 Å². The first kappa shape index (κ1) is 21.0. The first-order valence-electron chi connectivity index (χ1n) is 11.1. The first-order chi connectivity index (χ1) is 15.0. The molecule has 1 amide bonds. The molecular formula is C26H30N4O. The minimum absolute atomic E-state index is 0.0674. The van der Waals surface area contributed by atoms with Crippen molar-refractivity contribution in [1.29, 1.82) is 0 Å². The van der Waals surface area contributed by atoms with Crippen LogP contribution in [0.25, 0.3) is 11.4 Å². The molecule has 1 aliphatic heterocycles. The van der Waals surface area contributed by atoms with Gasteiger partial charge in [-0.1, -0.05) is 67.1 Å². The van der Waals surface area contributed by atoms with Gasteiger partial charge >= 0.3 is 0 Å². The molecule has 1 aliphatic rings. The molecule has 2 aromatic carbocycles. The van der Waals surface area contributed by atoms with Crippen LogP contribution in [0, 0.1) is 13.8 Å². The number of nitrogens with zero attached hydrogens (tertiary/aromatic N) is 4. The van der Waals surface area contributed by atoms with Crippen LogP contribution in [-0.4, -0.2) is 47.0 Å². The zero-order valence-electron chi connectivity index (χ0n) is 18.6. The Morgan fingerprint density at radius 3 is 2.26 bits per heavy atom. The number of rotatable bonds is 5. The fourth-order valence-electron chi connectivity index (χ4n) is 4.16. The number of hydrogen-bond acceptors (Lipinski definition) is 4. The number of aryl methyl sites for hydroxylation is 2. The molecule has 31 heavy (non-hydrogen) atoms. The average molecular weight is 415 g/mol. The molecule has 0 saturated carbocycles. The van der Waals surface area contributed by atoms with Crippen molar-refractivity contribution in [2.24, 2.45) is 0 Å². The van der Waals surface area contributed by atoms with Crippen molar-refractivity contribution in [2.45, 2.75) is 33.1 Å². The molecule has 3 aromatic rings. The molecule has 4 rings (SSSR count). The summed E-state index contributed by atoms with van der Waals surface area (Å²) in [5, 5.41) is 0. The second-order valence-corrected chi connectivity index (χ2v) is 8.24. The van der Waals surface area contributed by atoms with Gasteiger partial charge in [0.15, 0.2) is 5.82 Å². The summed E-state index contributed by atoms with van der Waals surface area (Å²) in [6.07, 6.45) is 0.814. The molecule has 1 aromatic heterocycles. The summed E-state index contributed by atoms with van der Waals surface area (Å²) in [4.78, 5) is 26.9. The molecule has 1 atom stereocenters. The molecule has 0 aliphatic carbocycles. The SMILES string of the molecule is CC[C@@H](C(=O)N1CCN(c2cc(C)nc(-c3ccc(C)cc3)n2)CC1)c1ccccc1. The van der Waals surface area contributed by atoms with Crippen molar-refractivity contribution in [3.63, 3.8) is 0 Å². The highest BCUT2D eigenvalue weighted by molar-refractivity contribution is 5.84. The highest BCUT2D eigenvalue weighted by Gasteiger charge is 2.28. The molecule has 1 saturated heterocycles. The number of aromatic nitrogens is 2. The van der Waals surface area contributed by atoms with E-state index in [9.17, 15) is 4.79 Å². The van der Waals surface area contributed by atoms with E-state index in [0.717, 1.165) is 48.0 Å². The van der Waals surface area contributed by atoms with Gasteiger partial charge in [0, 0.05) is 43.5 Å². The zero-order chi connectivity index (χ0) is 21.8. The van der Waals surface area contributed by atoms with Gasteiger partial charge in [-0.2, -0.15) is 0 Å². The van der Waals surface area contributed by atoms with Gasteiger partial charge in [-0.25, -0.2) is 9.97 Å². The van der Waals surface area contributed by atoms with Crippen LogP contribution in [0.5, 0.6) is 0 Å². The van der Waals surface area contributed by atoms with Crippen LogP contribution in [0.15, 0.2) is 60.7 Å². The summed E-state index contributed by atoms with van der Waals surface area (Å²) < 4.78 is 0. The minimum Gasteiger partial charge on any atom is -0.353 e. The van der Waals surface area contributed by atoms with Crippen LogP contribution >= 0.6 is 0 Å². The van der Waals surface area contributed by atoms with Crippen LogP contribution in [0.4, 0.5) is 5.82 Å². The molecule has 0 N–H and O–H groups in total. The predicted octanol–water partition coefficient (Wildman–Crippen LogP) is 4.60. The quantitative estimate of drug-likeness (QED) is 0.612. The van der Waals surface area contributed by atoms with Crippen molar-refractivity contribution in [2.75, 3.05) is 31.1 Å². The lowest BCUT2D eigenvalue weighted by Gasteiger charge is -2.37. The Morgan fingerprint density at radius 1 is 0.935 bits per heavy atom. The largest absolute Gasteiger partial charge is 0.353 e. The molecule has 0 bridgehead atoms. The van der Waals surface area contributed by atoms with Crippen LogP contribution < -0.4 is 4.90 Å². The van der Waals surface area contributed by atoms with Gasteiger partial charge in [-0.3, -0.25) is 4.79 Å². The lowest BCUT2D eigenvalue weighted by Crippen LogP contribution is -2.50. The molecule has 160 valence electrons. The topological polar surface area (TPSA) is 49.3 Å². The van der Waals surface area contributed by atoms with E-state index in [0.29, 0.717) is 13.1 Å². The molecule has 1 fully saturated rings. The number of amides is 1. The van der Waals surface area contributed by atoms with Gasteiger partial charge in [0.2, 0.25) is 5.91 Å². The third-order valence-corrected chi connectivity index (χ3v) is 5.97. The van der Waals surface area contributed by atoms with Crippen LogP contribution in [0.2, 0.25) is 0 Å². The van der Waals surface area contributed by atoms with Gasteiger partial charge in [0.05, 0.1) is 5.92 Å². The van der Waals surface area contributed by atoms with Crippen molar-refractivity contribution in [1.82, 2.24) is 14.9 Å². The normalized spacial score (nSPS) is 15.1. The summed E-state index contributed by atoms with van der Waals surface area (Å²) in [6, 6.07) is 20.5. The fraction of sp³-hybridized carbons (Fsp3) is 0.346. The van der Waals surface area contributed by atoms with Gasteiger partial charge < -0.3 is 9.80 Å². The Hall–Kier alpha value is -3.21. The van der Waals surface area contributed by atoms with Gasteiger partial charge in [0.1, 0.15) is 5.82 Å². The third kappa shape index (κ3) is 4.76. The summed E-state index contributed by atoms with van der Waals surface area (Å²) in [7, 11) is 0. The van der Waals surface area contributed by atoms with E-state index in [2.05, 4.69) is 60.1 Å². The Morgan fingerprint density at radius 2 is 1.61 bits per heavy atom. The van der Waals surface area contributed by atoms with Crippen LogP contribution in [0.3, 0.4) is 0 Å². The van der Waals surface area contributed by atoms with E-state index < -0.39 is 0 Å². The molecular weight excluding hydrogens is 384 g/mol. The van der Waals surface area contributed by atoms with E-state index in [-0.39, 0.29) is 11.8 Å². The maximum atomic E-state index is 13.2. The predicted molar refractivity (Wildman–Crippen MR) is 125 cm³/mol. The standard InChI is InChI=1S/C26H30N4O/c1-4-23(21-8-6-5-7-9-21)26(31)30-16-14-29(15-17-30)24-18-20(3)27-25(28-24)22-12-10-19(2)11-13-22/h5-13,18,23H,4,14-17H2,1-3H3/t23-/m1/s1. The zero-order valence-corrected chi connectivity index (χ0v) is 18.6. The van der Waals surface area contributed by atoms with Gasteiger partial charge in [0.25, 0.3) is 0 Å². The summed E-state index contributed by atoms with van der Waals surface area (Å²) in [5.74, 6) is 1.85. The monoisotopic (exact) mass is 414 g/mol. The van der Waals surface area contributed by atoms with Gasteiger partial charge in [-0.05, 0) is 25.8 Å². The van der Waals surface area contributed by atoms with Crippen molar-refractivity contribution < 1.29 is 4.79 Å². The number of anilines is 1. The Balaban J connectivity index is 1.46. The van der Waals surface area contributed by atoms with E-state index in [4.69, 9.17) is 4.98 Å². The van der Waals surface area contributed by atoms with Crippen molar-refractivity contribution in [3.05, 3.63) is 77.5 Å². The summed E-state index contributed by atoms with van der Waals surface area (Å²) >= 11 is 0. The Bertz CT molecular complexity index is 1030. The smallest absolute Gasteiger partial charge is 0.230 e. The number of carbonyl (C=O) groups is 1. The van der Waals surface area contributed by atoms with E-state index in [1.165, 1.54) is 5.56 Å². The lowest BCUT2D eigenvalue weighted by molar-refractivity contribution is -0.133. The maximum Gasteiger partial charge on any atom is 0.230 e. The minimum atomic E-state index is -0.0674.